The van der Waals surface area contributed by atoms with Crippen LogP contribution in [-0.4, -0.2) is 27.7 Å². The average Bonchev–Trinajstić information content (AvgIpc) is 3.39. The Morgan fingerprint density at radius 2 is 2.03 bits per heavy atom. The summed E-state index contributed by atoms with van der Waals surface area (Å²) in [7, 11) is 0. The summed E-state index contributed by atoms with van der Waals surface area (Å²) in [5.41, 5.74) is 1.80. The number of hydrogen-bond donors (Lipinski definition) is 0. The fraction of sp³-hybridized carbons (Fsp3) is 0.273. The molecule has 2 heterocycles. The molecule has 2 aromatic carbocycles. The summed E-state index contributed by atoms with van der Waals surface area (Å²) in [6.07, 6.45) is 6.37. The fourth-order valence-electron chi connectivity index (χ4n) is 3.22. The van der Waals surface area contributed by atoms with Crippen LogP contribution in [0.3, 0.4) is 0 Å². The van der Waals surface area contributed by atoms with Crippen LogP contribution in [0, 0.1) is 5.82 Å². The number of imidazole rings is 1. The van der Waals surface area contributed by atoms with E-state index in [0.29, 0.717) is 31.3 Å². The second-order valence-corrected chi connectivity index (χ2v) is 6.74. The van der Waals surface area contributed by atoms with Crippen LogP contribution >= 0.6 is 0 Å². The van der Waals surface area contributed by atoms with Gasteiger partial charge in [0.25, 0.3) is 6.01 Å². The first-order chi connectivity index (χ1) is 14.2. The minimum Gasteiger partial charge on any atom is -0.494 e. The number of aryl methyl sites for hydroxylation is 1. The van der Waals surface area contributed by atoms with Crippen LogP contribution < -0.4 is 9.64 Å². The molecule has 0 fully saturated rings. The van der Waals surface area contributed by atoms with Crippen molar-refractivity contribution >= 4 is 17.1 Å². The van der Waals surface area contributed by atoms with Crippen LogP contribution in [0.15, 0.2) is 65.6 Å². The number of ether oxygens (including phenoxy) is 1. The standard InChI is InChI=1S/C22H23FN4O2/c1-2-28-18-9-7-17(8-10-18)15-27(13-4-12-26-14-11-24-16-26)22-25-21-19(23)5-3-6-20(21)29-22/h3,5-11,14,16H,2,4,12-13,15H2,1H3. The largest absolute Gasteiger partial charge is 0.494 e. The van der Waals surface area contributed by atoms with Crippen LogP contribution in [0.1, 0.15) is 18.9 Å². The van der Waals surface area contributed by atoms with Gasteiger partial charge in [0.1, 0.15) is 11.3 Å². The minimum atomic E-state index is -0.378. The molecule has 29 heavy (non-hydrogen) atoms. The first kappa shape index (κ1) is 19.0. The van der Waals surface area contributed by atoms with E-state index < -0.39 is 0 Å². The number of rotatable bonds is 9. The van der Waals surface area contributed by atoms with Gasteiger partial charge in [-0.25, -0.2) is 9.37 Å². The molecule has 0 spiro atoms. The molecule has 6 nitrogen and oxygen atoms in total. The van der Waals surface area contributed by atoms with Gasteiger partial charge in [0.05, 0.1) is 12.9 Å². The van der Waals surface area contributed by atoms with E-state index in [1.165, 1.54) is 6.07 Å². The van der Waals surface area contributed by atoms with E-state index in [2.05, 4.69) is 9.97 Å². The number of benzene rings is 2. The summed E-state index contributed by atoms with van der Waals surface area (Å²) < 4.78 is 27.5. The highest BCUT2D eigenvalue weighted by Crippen LogP contribution is 2.25. The third-order valence-electron chi connectivity index (χ3n) is 4.64. The molecule has 0 amide bonds. The molecule has 2 aromatic heterocycles. The Labute approximate surface area is 168 Å². The van der Waals surface area contributed by atoms with Gasteiger partial charge < -0.3 is 18.6 Å². The van der Waals surface area contributed by atoms with Crippen molar-refractivity contribution in [2.75, 3.05) is 18.1 Å². The maximum absolute atomic E-state index is 14.1. The van der Waals surface area contributed by atoms with Crippen LogP contribution in [0.5, 0.6) is 5.75 Å². The zero-order chi connectivity index (χ0) is 20.1. The van der Waals surface area contributed by atoms with E-state index >= 15 is 0 Å². The normalized spacial score (nSPS) is 11.1. The number of anilines is 1. The van der Waals surface area contributed by atoms with E-state index in [4.69, 9.17) is 9.15 Å². The predicted molar refractivity (Wildman–Crippen MR) is 109 cm³/mol. The van der Waals surface area contributed by atoms with E-state index in [1.807, 2.05) is 46.9 Å². The molecule has 0 atom stereocenters. The maximum atomic E-state index is 14.1. The summed E-state index contributed by atoms with van der Waals surface area (Å²) >= 11 is 0. The van der Waals surface area contributed by atoms with Gasteiger partial charge in [0, 0.05) is 32.0 Å². The van der Waals surface area contributed by atoms with Crippen molar-refractivity contribution in [1.29, 1.82) is 0 Å². The highest BCUT2D eigenvalue weighted by molar-refractivity contribution is 5.75. The smallest absolute Gasteiger partial charge is 0.298 e. The lowest BCUT2D eigenvalue weighted by Gasteiger charge is -2.21. The number of aromatic nitrogens is 3. The molecule has 0 saturated heterocycles. The first-order valence-corrected chi connectivity index (χ1v) is 9.70. The third kappa shape index (κ3) is 4.56. The van der Waals surface area contributed by atoms with Gasteiger partial charge in [0.15, 0.2) is 11.4 Å². The Morgan fingerprint density at radius 3 is 2.76 bits per heavy atom. The summed E-state index contributed by atoms with van der Waals surface area (Å²) in [5.74, 6) is 0.462. The van der Waals surface area contributed by atoms with Crippen molar-refractivity contribution < 1.29 is 13.5 Å². The van der Waals surface area contributed by atoms with E-state index in [0.717, 1.165) is 24.3 Å². The van der Waals surface area contributed by atoms with Crippen LogP contribution in [-0.2, 0) is 13.1 Å². The van der Waals surface area contributed by atoms with E-state index in [1.54, 1.807) is 24.7 Å². The number of oxazole rings is 1. The van der Waals surface area contributed by atoms with Gasteiger partial charge in [-0.15, -0.1) is 0 Å². The minimum absolute atomic E-state index is 0.258. The van der Waals surface area contributed by atoms with Crippen molar-refractivity contribution in [3.05, 3.63) is 72.6 Å². The number of nitrogens with zero attached hydrogens (tertiary/aromatic N) is 4. The molecule has 0 aliphatic heterocycles. The summed E-state index contributed by atoms with van der Waals surface area (Å²) in [6.45, 7) is 4.73. The molecule has 0 aliphatic carbocycles. The van der Waals surface area contributed by atoms with Crippen LogP contribution in [0.4, 0.5) is 10.4 Å². The van der Waals surface area contributed by atoms with Crippen LogP contribution in [0.2, 0.25) is 0 Å². The lowest BCUT2D eigenvalue weighted by atomic mass is 10.2. The van der Waals surface area contributed by atoms with Crippen molar-refractivity contribution in [3.8, 4) is 5.75 Å². The van der Waals surface area contributed by atoms with Gasteiger partial charge in [-0.05, 0) is 43.2 Å². The van der Waals surface area contributed by atoms with Gasteiger partial charge in [-0.3, -0.25) is 0 Å². The molecule has 4 aromatic rings. The Morgan fingerprint density at radius 1 is 1.17 bits per heavy atom. The Bertz CT molecular complexity index is 1040. The molecule has 4 rings (SSSR count). The fourth-order valence-corrected chi connectivity index (χ4v) is 3.22. The quantitative estimate of drug-likeness (QED) is 0.413. The Kier molecular flexibility index (Phi) is 5.74. The van der Waals surface area contributed by atoms with Gasteiger partial charge >= 0.3 is 0 Å². The lowest BCUT2D eigenvalue weighted by molar-refractivity contribution is 0.340. The van der Waals surface area contributed by atoms with Crippen molar-refractivity contribution in [1.82, 2.24) is 14.5 Å². The zero-order valence-corrected chi connectivity index (χ0v) is 16.3. The topological polar surface area (TPSA) is 56.3 Å². The molecule has 0 N–H and O–H groups in total. The van der Waals surface area contributed by atoms with E-state index in [9.17, 15) is 4.39 Å². The second-order valence-electron chi connectivity index (χ2n) is 6.74. The number of halogens is 1. The Hall–Kier alpha value is -3.35. The van der Waals surface area contributed by atoms with Crippen molar-refractivity contribution in [2.24, 2.45) is 0 Å². The van der Waals surface area contributed by atoms with Crippen LogP contribution in [0.25, 0.3) is 11.1 Å². The third-order valence-corrected chi connectivity index (χ3v) is 4.64. The summed E-state index contributed by atoms with van der Waals surface area (Å²) in [4.78, 5) is 10.5. The number of para-hydroxylation sites is 1. The molecule has 0 radical (unpaired) electrons. The predicted octanol–water partition coefficient (Wildman–Crippen LogP) is 4.66. The van der Waals surface area contributed by atoms with Crippen molar-refractivity contribution in [3.63, 3.8) is 0 Å². The van der Waals surface area contributed by atoms with Gasteiger partial charge in [-0.2, -0.15) is 4.98 Å². The van der Waals surface area contributed by atoms with Gasteiger partial charge in [-0.1, -0.05) is 18.2 Å². The zero-order valence-electron chi connectivity index (χ0n) is 16.3. The number of hydrogen-bond acceptors (Lipinski definition) is 5. The average molecular weight is 394 g/mol. The lowest BCUT2D eigenvalue weighted by Crippen LogP contribution is -2.25. The second kappa shape index (κ2) is 8.77. The molecule has 150 valence electrons. The summed E-state index contributed by atoms with van der Waals surface area (Å²) in [5, 5.41) is 0. The molecule has 0 bridgehead atoms. The van der Waals surface area contributed by atoms with Gasteiger partial charge in [0.2, 0.25) is 0 Å². The highest BCUT2D eigenvalue weighted by atomic mass is 19.1. The van der Waals surface area contributed by atoms with E-state index in [-0.39, 0.29) is 11.3 Å². The number of fused-ring (bicyclic) bond motifs is 1. The molecule has 0 aliphatic rings. The monoisotopic (exact) mass is 394 g/mol. The molecule has 0 unspecified atom stereocenters. The Balaban J connectivity index is 1.54. The SMILES string of the molecule is CCOc1ccc(CN(CCCn2ccnc2)c2nc3c(F)cccc3o2)cc1. The highest BCUT2D eigenvalue weighted by Gasteiger charge is 2.16. The molecular weight excluding hydrogens is 371 g/mol. The molecule has 7 heteroatoms. The molecule has 0 saturated carbocycles. The first-order valence-electron chi connectivity index (χ1n) is 9.70. The molecular formula is C22H23FN4O2. The van der Waals surface area contributed by atoms with Crippen molar-refractivity contribution in [2.45, 2.75) is 26.4 Å². The maximum Gasteiger partial charge on any atom is 0.298 e. The summed E-state index contributed by atoms with van der Waals surface area (Å²) in [6, 6.07) is 13.1.